The maximum absolute atomic E-state index is 13.9. The molecule has 1 aromatic rings. The van der Waals surface area contributed by atoms with Gasteiger partial charge in [-0.05, 0) is 43.1 Å². The standard InChI is InChI=1S/C37H57N7O11/c1-7-21(4)30(37(54)55-6)43-35(52)28-14-11-15-44(28)36(53)31(48)24(17-23-12-9-8-10-13-23)40-33(50)26(18-29(38)47)42-32(49)25(16-20(2)3)41-34(51)27(19-45)39-22(5)46/h8-10,12-13,20-21,24-28,30-31,45,48H,7,11,14-19H2,1-6H3,(H2,38,47)(H,39,46)(H,40,50)(H,41,51)(H,42,49)(H,43,52)/t21-,24-,25-,26-,27-,28-,30-,31-/m0/s1. The monoisotopic (exact) mass is 775 g/mol. The van der Waals surface area contributed by atoms with E-state index < -0.39 is 103 Å². The number of benzene rings is 1. The van der Waals surface area contributed by atoms with Gasteiger partial charge in [0.05, 0.1) is 26.2 Å². The van der Waals surface area contributed by atoms with Crippen LogP contribution < -0.4 is 32.3 Å². The number of nitrogens with zero attached hydrogens (tertiary/aromatic N) is 1. The maximum Gasteiger partial charge on any atom is 0.328 e. The predicted molar refractivity (Wildman–Crippen MR) is 198 cm³/mol. The number of hydrogen-bond acceptors (Lipinski definition) is 11. The quantitative estimate of drug-likeness (QED) is 0.0643. The first-order chi connectivity index (χ1) is 25.9. The van der Waals surface area contributed by atoms with E-state index in [9.17, 15) is 48.6 Å². The van der Waals surface area contributed by atoms with Gasteiger partial charge in [-0.25, -0.2) is 4.79 Å². The van der Waals surface area contributed by atoms with Crippen molar-refractivity contribution >= 4 is 47.3 Å². The third-order valence-corrected chi connectivity index (χ3v) is 9.32. The molecule has 55 heavy (non-hydrogen) atoms. The lowest BCUT2D eigenvalue weighted by molar-refractivity contribution is -0.150. The van der Waals surface area contributed by atoms with Crippen molar-refractivity contribution in [1.82, 2.24) is 31.5 Å². The smallest absolute Gasteiger partial charge is 0.328 e. The van der Waals surface area contributed by atoms with Gasteiger partial charge in [0, 0.05) is 13.5 Å². The Bertz CT molecular complexity index is 1510. The van der Waals surface area contributed by atoms with Gasteiger partial charge < -0.3 is 52.2 Å². The Morgan fingerprint density at radius 1 is 0.891 bits per heavy atom. The summed E-state index contributed by atoms with van der Waals surface area (Å²) in [5, 5.41) is 33.6. The van der Waals surface area contributed by atoms with E-state index in [1.54, 1.807) is 51.1 Å². The van der Waals surface area contributed by atoms with Crippen LogP contribution in [-0.2, 0) is 49.5 Å². The fourth-order valence-electron chi connectivity index (χ4n) is 6.18. The molecule has 0 bridgehead atoms. The number of primary amides is 1. The second-order valence-corrected chi connectivity index (χ2v) is 14.2. The summed E-state index contributed by atoms with van der Waals surface area (Å²) >= 11 is 0. The summed E-state index contributed by atoms with van der Waals surface area (Å²) in [5.41, 5.74) is 6.05. The zero-order valence-corrected chi connectivity index (χ0v) is 32.3. The third kappa shape index (κ3) is 14.2. The van der Waals surface area contributed by atoms with E-state index >= 15 is 0 Å². The number of ether oxygens (including phenoxy) is 1. The molecule has 0 unspecified atom stereocenters. The van der Waals surface area contributed by atoms with E-state index in [0.29, 0.717) is 18.4 Å². The molecule has 1 fully saturated rings. The molecule has 18 heteroatoms. The molecule has 306 valence electrons. The minimum atomic E-state index is -1.91. The van der Waals surface area contributed by atoms with Crippen molar-refractivity contribution < 1.29 is 53.3 Å². The zero-order valence-electron chi connectivity index (χ0n) is 32.3. The van der Waals surface area contributed by atoms with Crippen LogP contribution in [0.15, 0.2) is 30.3 Å². The summed E-state index contributed by atoms with van der Waals surface area (Å²) in [4.78, 5) is 105. The van der Waals surface area contributed by atoms with E-state index in [1.807, 2.05) is 6.92 Å². The number of esters is 1. The number of methoxy groups -OCH3 is 1. The van der Waals surface area contributed by atoms with E-state index in [1.165, 1.54) is 12.0 Å². The van der Waals surface area contributed by atoms with Gasteiger partial charge in [0.2, 0.25) is 35.4 Å². The van der Waals surface area contributed by atoms with Crippen LogP contribution in [0.4, 0.5) is 0 Å². The summed E-state index contributed by atoms with van der Waals surface area (Å²) in [6, 6.07) is 0.984. The lowest BCUT2D eigenvalue weighted by Gasteiger charge is -2.32. The van der Waals surface area contributed by atoms with Gasteiger partial charge in [-0.2, -0.15) is 0 Å². The molecular weight excluding hydrogens is 718 g/mol. The number of aliphatic hydroxyl groups is 2. The molecule has 18 nitrogen and oxygen atoms in total. The molecule has 0 saturated carbocycles. The molecular formula is C37H57N7O11. The molecule has 8 atom stereocenters. The van der Waals surface area contributed by atoms with Crippen LogP contribution in [0.1, 0.15) is 72.3 Å². The molecule has 0 spiro atoms. The minimum Gasteiger partial charge on any atom is -0.467 e. The van der Waals surface area contributed by atoms with Crippen LogP contribution in [0, 0.1) is 11.8 Å². The molecule has 9 N–H and O–H groups in total. The maximum atomic E-state index is 13.9. The van der Waals surface area contributed by atoms with Crippen LogP contribution >= 0.6 is 0 Å². The molecule has 1 aliphatic rings. The van der Waals surface area contributed by atoms with Gasteiger partial charge in [0.15, 0.2) is 6.10 Å². The first-order valence-corrected chi connectivity index (χ1v) is 18.4. The Morgan fingerprint density at radius 3 is 2.04 bits per heavy atom. The Morgan fingerprint density at radius 2 is 1.49 bits per heavy atom. The SMILES string of the molecule is CC[C@H](C)[C@H](NC(=O)[C@@H]1CCCN1C(=O)[C@@H](O)[C@H](Cc1ccccc1)NC(=O)[C@H](CC(N)=O)NC(=O)[C@H](CC(C)C)NC(=O)[C@H](CO)NC(C)=O)C(=O)OC. The van der Waals surface area contributed by atoms with Gasteiger partial charge in [0.25, 0.3) is 5.91 Å². The lowest BCUT2D eigenvalue weighted by Crippen LogP contribution is -2.61. The number of carbonyl (C=O) groups excluding carboxylic acids is 8. The number of nitrogens with one attached hydrogen (secondary N) is 5. The van der Waals surface area contributed by atoms with Crippen LogP contribution in [-0.4, -0.2) is 125 Å². The van der Waals surface area contributed by atoms with Crippen LogP contribution in [0.2, 0.25) is 0 Å². The van der Waals surface area contributed by atoms with Crippen molar-refractivity contribution in [3.63, 3.8) is 0 Å². The Labute approximate surface area is 321 Å². The Balaban J connectivity index is 2.37. The highest BCUT2D eigenvalue weighted by Crippen LogP contribution is 2.22. The number of hydrogen-bond donors (Lipinski definition) is 8. The summed E-state index contributed by atoms with van der Waals surface area (Å²) < 4.78 is 4.87. The molecule has 2 rings (SSSR count). The Kier molecular flexibility index (Phi) is 18.7. The van der Waals surface area contributed by atoms with Crippen molar-refractivity contribution in [3.05, 3.63) is 35.9 Å². The van der Waals surface area contributed by atoms with Crippen molar-refractivity contribution in [2.45, 2.75) is 115 Å². The molecule has 1 saturated heterocycles. The summed E-state index contributed by atoms with van der Waals surface area (Å²) in [6.45, 7) is 7.65. The molecule has 0 aromatic heterocycles. The average molecular weight is 776 g/mol. The normalized spacial score (nSPS) is 17.7. The third-order valence-electron chi connectivity index (χ3n) is 9.32. The van der Waals surface area contributed by atoms with Crippen LogP contribution in [0.25, 0.3) is 0 Å². The Hall–Kier alpha value is -5.10. The molecule has 0 aliphatic carbocycles. The second-order valence-electron chi connectivity index (χ2n) is 14.2. The van der Waals surface area contributed by atoms with Crippen molar-refractivity contribution in [2.75, 3.05) is 20.3 Å². The molecule has 1 aromatic carbocycles. The fraction of sp³-hybridized carbons (Fsp3) is 0.622. The van der Waals surface area contributed by atoms with E-state index in [-0.39, 0.29) is 37.6 Å². The molecule has 0 radical (unpaired) electrons. The zero-order chi connectivity index (χ0) is 41.4. The van der Waals surface area contributed by atoms with Gasteiger partial charge in [0.1, 0.15) is 30.2 Å². The van der Waals surface area contributed by atoms with Crippen LogP contribution in [0.3, 0.4) is 0 Å². The van der Waals surface area contributed by atoms with Crippen molar-refractivity contribution in [2.24, 2.45) is 17.6 Å². The number of rotatable bonds is 21. The predicted octanol–water partition coefficient (Wildman–Crippen LogP) is -1.84. The van der Waals surface area contributed by atoms with Gasteiger partial charge in [-0.15, -0.1) is 0 Å². The highest BCUT2D eigenvalue weighted by atomic mass is 16.5. The van der Waals surface area contributed by atoms with Gasteiger partial charge in [-0.3, -0.25) is 33.6 Å². The molecule has 7 amide bonds. The number of nitrogens with two attached hydrogens (primary N) is 1. The first-order valence-electron chi connectivity index (χ1n) is 18.4. The fourth-order valence-corrected chi connectivity index (χ4v) is 6.18. The van der Waals surface area contributed by atoms with Gasteiger partial charge >= 0.3 is 5.97 Å². The highest BCUT2D eigenvalue weighted by Gasteiger charge is 2.42. The summed E-state index contributed by atoms with van der Waals surface area (Å²) in [6.07, 6.45) is -1.41. The van der Waals surface area contributed by atoms with Crippen LogP contribution in [0.5, 0.6) is 0 Å². The van der Waals surface area contributed by atoms with Gasteiger partial charge in [-0.1, -0.05) is 64.4 Å². The number of amides is 7. The van der Waals surface area contributed by atoms with Crippen molar-refractivity contribution in [3.8, 4) is 0 Å². The highest BCUT2D eigenvalue weighted by molar-refractivity contribution is 5.96. The van der Waals surface area contributed by atoms with E-state index in [0.717, 1.165) is 6.92 Å². The largest absolute Gasteiger partial charge is 0.467 e. The number of aliphatic hydroxyl groups excluding tert-OH is 2. The van der Waals surface area contributed by atoms with E-state index in [2.05, 4.69) is 26.6 Å². The lowest BCUT2D eigenvalue weighted by atomic mass is 9.98. The second kappa shape index (κ2) is 22.3. The van der Waals surface area contributed by atoms with E-state index in [4.69, 9.17) is 10.5 Å². The molecule has 1 aliphatic heterocycles. The summed E-state index contributed by atoms with van der Waals surface area (Å²) in [7, 11) is 1.21. The number of carbonyl (C=O) groups is 8. The number of likely N-dealkylation sites (tertiary alicyclic amines) is 1. The summed E-state index contributed by atoms with van der Waals surface area (Å²) in [5.74, 6) is -6.85. The first kappa shape index (κ1) is 46.1. The van der Waals surface area contributed by atoms with Crippen molar-refractivity contribution in [1.29, 1.82) is 0 Å². The average Bonchev–Trinajstić information content (AvgIpc) is 3.64. The molecule has 1 heterocycles. The topological polar surface area (TPSA) is 276 Å². The minimum absolute atomic E-state index is 0.0624.